The van der Waals surface area contributed by atoms with Gasteiger partial charge < -0.3 is 14.4 Å². The zero-order chi connectivity index (χ0) is 24.3. The molecule has 34 heavy (non-hydrogen) atoms. The Labute approximate surface area is 194 Å². The van der Waals surface area contributed by atoms with E-state index in [1.165, 1.54) is 29.9 Å². The summed E-state index contributed by atoms with van der Waals surface area (Å²) in [7, 11) is 0. The maximum atomic E-state index is 13.1. The minimum Gasteiger partial charge on any atom is -0.490 e. The van der Waals surface area contributed by atoms with Gasteiger partial charge in [0.15, 0.2) is 0 Å². The lowest BCUT2D eigenvalue weighted by Crippen LogP contribution is -2.33. The van der Waals surface area contributed by atoms with Crippen molar-refractivity contribution in [1.29, 1.82) is 0 Å². The molecule has 3 amide bonds. The largest absolute Gasteiger partial charge is 0.573 e. The summed E-state index contributed by atoms with van der Waals surface area (Å²) in [4.78, 5) is 34.7. The quantitative estimate of drug-likeness (QED) is 0.537. The number of aromatic nitrogens is 1. The number of benzene rings is 1. The van der Waals surface area contributed by atoms with Gasteiger partial charge in [-0.1, -0.05) is 0 Å². The highest BCUT2D eigenvalue weighted by Crippen LogP contribution is 2.31. The molecule has 1 unspecified atom stereocenters. The minimum absolute atomic E-state index is 0.124. The van der Waals surface area contributed by atoms with Crippen molar-refractivity contribution in [2.24, 2.45) is 0 Å². The molecule has 2 aliphatic heterocycles. The van der Waals surface area contributed by atoms with Crippen molar-refractivity contribution in [2.75, 3.05) is 31.1 Å². The van der Waals surface area contributed by atoms with E-state index in [1.54, 1.807) is 25.4 Å². The molecule has 182 valence electrons. The molecule has 0 saturated carbocycles. The lowest BCUT2D eigenvalue weighted by Gasteiger charge is -2.21. The molecule has 4 rings (SSSR count). The summed E-state index contributed by atoms with van der Waals surface area (Å²) >= 11 is 0. The molecule has 2 saturated heterocycles. The smallest absolute Gasteiger partial charge is 0.490 e. The number of likely N-dealkylation sites (tertiary alicyclic amines) is 1. The second-order valence-electron chi connectivity index (χ2n) is 8.18. The van der Waals surface area contributed by atoms with Crippen LogP contribution < -0.4 is 14.4 Å². The fraction of sp³-hybridized carbons (Fsp3) is 0.435. The Hall–Kier alpha value is -3.34. The Morgan fingerprint density at radius 2 is 1.79 bits per heavy atom. The molecule has 8 nitrogen and oxygen atoms in total. The molecule has 1 atom stereocenters. The molecule has 2 fully saturated rings. The molecule has 3 heterocycles. The first-order chi connectivity index (χ1) is 16.2. The zero-order valence-corrected chi connectivity index (χ0v) is 18.6. The number of hydrogen-bond acceptors (Lipinski definition) is 6. The Morgan fingerprint density at radius 1 is 1.09 bits per heavy atom. The second kappa shape index (κ2) is 9.88. The van der Waals surface area contributed by atoms with Crippen molar-refractivity contribution in [3.63, 3.8) is 0 Å². The van der Waals surface area contributed by atoms with Crippen LogP contribution in [0.1, 0.15) is 25.3 Å². The fourth-order valence-corrected chi connectivity index (χ4v) is 4.09. The zero-order valence-electron chi connectivity index (χ0n) is 18.6. The number of carbonyl (C=O) groups excluding carboxylic acids is 2. The monoisotopic (exact) mass is 478 g/mol. The Balaban J connectivity index is 1.44. The van der Waals surface area contributed by atoms with E-state index in [0.29, 0.717) is 17.9 Å². The first-order valence-corrected chi connectivity index (χ1v) is 11.0. The number of ether oxygens (including phenoxy) is 2. The lowest BCUT2D eigenvalue weighted by molar-refractivity contribution is -0.274. The van der Waals surface area contributed by atoms with Crippen molar-refractivity contribution in [3.8, 4) is 11.5 Å². The van der Waals surface area contributed by atoms with Gasteiger partial charge in [0, 0.05) is 18.3 Å². The summed E-state index contributed by atoms with van der Waals surface area (Å²) in [5, 5.41) is 0. The number of nitrogens with zero attached hydrogens (tertiary/aromatic N) is 4. The predicted molar refractivity (Wildman–Crippen MR) is 116 cm³/mol. The Morgan fingerprint density at radius 3 is 2.47 bits per heavy atom. The number of hydrogen-bond donors (Lipinski definition) is 0. The highest BCUT2D eigenvalue weighted by atomic mass is 19.4. The van der Waals surface area contributed by atoms with Gasteiger partial charge >= 0.3 is 12.4 Å². The van der Waals surface area contributed by atoms with Crippen molar-refractivity contribution < 1.29 is 32.2 Å². The summed E-state index contributed by atoms with van der Waals surface area (Å²) in [5.41, 5.74) is 0.871. The summed E-state index contributed by atoms with van der Waals surface area (Å²) < 4.78 is 47.0. The summed E-state index contributed by atoms with van der Waals surface area (Å²) in [5.74, 6) is -0.367. The van der Waals surface area contributed by atoms with Crippen LogP contribution in [0.2, 0.25) is 0 Å². The van der Waals surface area contributed by atoms with Gasteiger partial charge in [-0.05, 0) is 63.2 Å². The van der Waals surface area contributed by atoms with E-state index < -0.39 is 30.1 Å². The molecule has 0 N–H and O–H groups in total. The van der Waals surface area contributed by atoms with Gasteiger partial charge in [-0.2, -0.15) is 0 Å². The molecule has 0 aliphatic carbocycles. The second-order valence-corrected chi connectivity index (χ2v) is 8.18. The molecule has 0 radical (unpaired) electrons. The van der Waals surface area contributed by atoms with E-state index in [4.69, 9.17) is 4.74 Å². The van der Waals surface area contributed by atoms with Gasteiger partial charge in [-0.3, -0.25) is 14.7 Å². The van der Waals surface area contributed by atoms with Crippen LogP contribution in [0.4, 0.5) is 23.7 Å². The van der Waals surface area contributed by atoms with Crippen LogP contribution in [0.5, 0.6) is 11.5 Å². The maximum absolute atomic E-state index is 13.1. The third-order valence-electron chi connectivity index (χ3n) is 5.89. The number of pyridine rings is 1. The molecule has 1 aromatic carbocycles. The number of anilines is 1. The summed E-state index contributed by atoms with van der Waals surface area (Å²) in [6.45, 7) is 5.14. The van der Waals surface area contributed by atoms with E-state index in [-0.39, 0.29) is 12.2 Å². The lowest BCUT2D eigenvalue weighted by atomic mass is 10.2. The van der Waals surface area contributed by atoms with Crippen LogP contribution in [0, 0.1) is 0 Å². The fourth-order valence-electron chi connectivity index (χ4n) is 4.09. The Kier molecular flexibility index (Phi) is 6.92. The molecule has 1 aromatic heterocycles. The third kappa shape index (κ3) is 5.41. The van der Waals surface area contributed by atoms with E-state index in [2.05, 4.69) is 14.6 Å². The number of urea groups is 1. The van der Waals surface area contributed by atoms with Crippen molar-refractivity contribution in [2.45, 2.75) is 38.7 Å². The molecule has 2 aromatic rings. The van der Waals surface area contributed by atoms with Crippen LogP contribution in [0.15, 0.2) is 42.7 Å². The van der Waals surface area contributed by atoms with Gasteiger partial charge in [0.05, 0.1) is 18.4 Å². The van der Waals surface area contributed by atoms with Gasteiger partial charge in [0.1, 0.15) is 24.1 Å². The highest BCUT2D eigenvalue weighted by Gasteiger charge is 2.43. The normalized spacial score (nSPS) is 19.2. The van der Waals surface area contributed by atoms with Crippen molar-refractivity contribution >= 4 is 17.6 Å². The van der Waals surface area contributed by atoms with E-state index in [1.807, 2.05) is 0 Å². The van der Waals surface area contributed by atoms with Gasteiger partial charge in [-0.15, -0.1) is 13.2 Å². The number of amides is 3. The SMILES string of the molecule is CC1C(=O)N(c2ccc(OC(F)(F)F)cc2)C(=O)N1Cc1ccncc1OCCN1CCCC1. The van der Waals surface area contributed by atoms with E-state index in [0.717, 1.165) is 36.7 Å². The molecule has 0 spiro atoms. The van der Waals surface area contributed by atoms with Gasteiger partial charge in [-0.25, -0.2) is 9.69 Å². The number of halogens is 3. The topological polar surface area (TPSA) is 75.2 Å². The average Bonchev–Trinajstić information content (AvgIpc) is 3.38. The number of carbonyl (C=O) groups is 2. The minimum atomic E-state index is -4.83. The van der Waals surface area contributed by atoms with Crippen molar-refractivity contribution in [3.05, 3.63) is 48.3 Å². The maximum Gasteiger partial charge on any atom is 0.573 e. The number of alkyl halides is 3. The summed E-state index contributed by atoms with van der Waals surface area (Å²) in [6.07, 6.45) is 0.729. The molecular formula is C23H25F3N4O4. The van der Waals surface area contributed by atoms with E-state index in [9.17, 15) is 22.8 Å². The average molecular weight is 478 g/mol. The third-order valence-corrected chi connectivity index (χ3v) is 5.89. The first kappa shape index (κ1) is 23.8. The first-order valence-electron chi connectivity index (χ1n) is 11.0. The standard InChI is InChI=1S/C23H25F3N4O4/c1-16-21(31)30(18-4-6-19(7-5-18)34-23(24,25)26)22(32)29(16)15-17-8-9-27-14-20(17)33-13-12-28-10-2-3-11-28/h4-9,14,16H,2-3,10-13,15H2,1H3. The Bertz CT molecular complexity index is 1030. The van der Waals surface area contributed by atoms with E-state index >= 15 is 0 Å². The van der Waals surface area contributed by atoms with Gasteiger partial charge in [0.25, 0.3) is 5.91 Å². The number of imide groups is 1. The van der Waals surface area contributed by atoms with Gasteiger partial charge in [0.2, 0.25) is 0 Å². The molecule has 2 aliphatic rings. The van der Waals surface area contributed by atoms with Crippen LogP contribution in [0.3, 0.4) is 0 Å². The molecular weight excluding hydrogens is 453 g/mol. The summed E-state index contributed by atoms with van der Waals surface area (Å²) in [6, 6.07) is 5.02. The molecule has 0 bridgehead atoms. The van der Waals surface area contributed by atoms with Crippen LogP contribution in [-0.2, 0) is 11.3 Å². The van der Waals surface area contributed by atoms with Crippen LogP contribution in [-0.4, -0.2) is 65.4 Å². The van der Waals surface area contributed by atoms with Crippen molar-refractivity contribution in [1.82, 2.24) is 14.8 Å². The highest BCUT2D eigenvalue weighted by molar-refractivity contribution is 6.21. The predicted octanol–water partition coefficient (Wildman–Crippen LogP) is 3.81. The van der Waals surface area contributed by atoms with Crippen LogP contribution >= 0.6 is 0 Å². The van der Waals surface area contributed by atoms with Crippen LogP contribution in [0.25, 0.3) is 0 Å². The molecule has 11 heteroatoms. The number of rotatable bonds is 8.